The van der Waals surface area contributed by atoms with Crippen LogP contribution in [0.2, 0.25) is 0 Å². The van der Waals surface area contributed by atoms with Crippen molar-refractivity contribution in [1.82, 2.24) is 0 Å². The molecule has 1 aliphatic heterocycles. The highest BCUT2D eigenvalue weighted by Crippen LogP contribution is 2.40. The molecule has 0 aromatic heterocycles. The minimum Gasteiger partial charge on any atom is -0.389 e. The lowest BCUT2D eigenvalue weighted by molar-refractivity contribution is -0.756. The van der Waals surface area contributed by atoms with Crippen molar-refractivity contribution in [3.8, 4) is 0 Å². The maximum absolute atomic E-state index is 11.8. The summed E-state index contributed by atoms with van der Waals surface area (Å²) in [7, 11) is 0. The molecule has 0 spiro atoms. The van der Waals surface area contributed by atoms with E-state index in [9.17, 15) is 5.11 Å². The van der Waals surface area contributed by atoms with Crippen molar-refractivity contribution in [3.63, 3.8) is 0 Å². The Balaban J connectivity index is 1.70. The molecule has 4 atom stereocenters. The van der Waals surface area contributed by atoms with Crippen LogP contribution in [0, 0.1) is 5.92 Å². The van der Waals surface area contributed by atoms with E-state index in [0.717, 1.165) is 6.42 Å². The Morgan fingerprint density at radius 1 is 0.815 bits per heavy atom. The lowest BCUT2D eigenvalue weighted by Gasteiger charge is -2.45. The zero-order valence-corrected chi connectivity index (χ0v) is 15.8. The van der Waals surface area contributed by atoms with Crippen LogP contribution >= 0.6 is 0 Å². The first-order valence-electron chi connectivity index (χ1n) is 9.87. The predicted molar refractivity (Wildman–Crippen MR) is 109 cm³/mol. The lowest BCUT2D eigenvalue weighted by Crippen LogP contribution is -2.91. The lowest BCUT2D eigenvalue weighted by atomic mass is 9.69. The van der Waals surface area contributed by atoms with Crippen LogP contribution in [-0.2, 0) is 6.42 Å². The molecule has 1 saturated heterocycles. The van der Waals surface area contributed by atoms with Crippen molar-refractivity contribution >= 4 is 0 Å². The Morgan fingerprint density at radius 3 is 1.93 bits per heavy atom. The predicted octanol–water partition coefficient (Wildman–Crippen LogP) is 4.05. The van der Waals surface area contributed by atoms with E-state index in [4.69, 9.17) is 0 Å². The summed E-state index contributed by atoms with van der Waals surface area (Å²) >= 11 is 0. The minimum atomic E-state index is -0.739. The van der Waals surface area contributed by atoms with E-state index in [1.807, 2.05) is 6.07 Å². The molecule has 0 aliphatic carbocycles. The SMILES string of the molecule is C[C@H]1[C@H](c2ccccc2)[NH2+][C@@H](c2ccccc2)C[C@@]1(O)Cc1ccccc1. The van der Waals surface area contributed by atoms with Gasteiger partial charge in [0, 0.05) is 29.9 Å². The van der Waals surface area contributed by atoms with Crippen molar-refractivity contribution in [2.24, 2.45) is 5.92 Å². The monoisotopic (exact) mass is 358 g/mol. The third kappa shape index (κ3) is 3.83. The van der Waals surface area contributed by atoms with Crippen molar-refractivity contribution in [2.75, 3.05) is 0 Å². The molecule has 1 aliphatic rings. The first-order chi connectivity index (χ1) is 13.2. The molecule has 4 rings (SSSR count). The number of quaternary nitrogens is 1. The maximum Gasteiger partial charge on any atom is 0.117 e. The van der Waals surface area contributed by atoms with Gasteiger partial charge in [-0.25, -0.2) is 0 Å². The van der Waals surface area contributed by atoms with Crippen LogP contribution in [0.1, 0.15) is 42.1 Å². The molecule has 3 aromatic carbocycles. The molecule has 0 amide bonds. The molecule has 1 heterocycles. The summed E-state index contributed by atoms with van der Waals surface area (Å²) in [4.78, 5) is 0. The highest BCUT2D eigenvalue weighted by Gasteiger charge is 2.48. The van der Waals surface area contributed by atoms with Crippen molar-refractivity contribution < 1.29 is 10.4 Å². The number of rotatable bonds is 4. The van der Waals surface area contributed by atoms with E-state index in [0.29, 0.717) is 6.42 Å². The van der Waals surface area contributed by atoms with Crippen molar-refractivity contribution in [3.05, 3.63) is 108 Å². The molecule has 138 valence electrons. The van der Waals surface area contributed by atoms with Crippen LogP contribution in [-0.4, -0.2) is 10.7 Å². The summed E-state index contributed by atoms with van der Waals surface area (Å²) in [5.74, 6) is 0.153. The van der Waals surface area contributed by atoms with E-state index in [1.165, 1.54) is 16.7 Å². The Labute approximate surface area is 161 Å². The van der Waals surface area contributed by atoms with Gasteiger partial charge >= 0.3 is 0 Å². The van der Waals surface area contributed by atoms with E-state index in [1.54, 1.807) is 0 Å². The van der Waals surface area contributed by atoms with Gasteiger partial charge in [0.15, 0.2) is 0 Å². The summed E-state index contributed by atoms with van der Waals surface area (Å²) in [5, 5.41) is 14.3. The average molecular weight is 359 g/mol. The fourth-order valence-corrected chi connectivity index (χ4v) is 4.57. The number of piperidine rings is 1. The summed E-state index contributed by atoms with van der Waals surface area (Å²) in [6.45, 7) is 2.21. The zero-order chi connectivity index (χ0) is 18.7. The first kappa shape index (κ1) is 18.0. The quantitative estimate of drug-likeness (QED) is 0.725. The number of aliphatic hydroxyl groups is 1. The molecule has 0 bridgehead atoms. The average Bonchev–Trinajstić information content (AvgIpc) is 2.72. The van der Waals surface area contributed by atoms with Gasteiger partial charge in [-0.1, -0.05) is 97.9 Å². The van der Waals surface area contributed by atoms with Crippen LogP contribution in [0.4, 0.5) is 0 Å². The van der Waals surface area contributed by atoms with E-state index >= 15 is 0 Å². The summed E-state index contributed by atoms with van der Waals surface area (Å²) in [6, 6.07) is 32.1. The van der Waals surface area contributed by atoms with Gasteiger partial charge in [-0.05, 0) is 5.56 Å². The topological polar surface area (TPSA) is 36.8 Å². The second-order valence-electron chi connectivity index (χ2n) is 7.90. The molecule has 0 radical (unpaired) electrons. The van der Waals surface area contributed by atoms with Crippen molar-refractivity contribution in [1.29, 1.82) is 0 Å². The van der Waals surface area contributed by atoms with Gasteiger partial charge in [0.2, 0.25) is 0 Å². The van der Waals surface area contributed by atoms with Gasteiger partial charge in [0.05, 0.1) is 5.60 Å². The molecule has 3 aromatic rings. The van der Waals surface area contributed by atoms with E-state index in [-0.39, 0.29) is 18.0 Å². The molecular formula is C25H28NO+. The third-order valence-corrected chi connectivity index (χ3v) is 6.16. The van der Waals surface area contributed by atoms with Gasteiger partial charge in [-0.15, -0.1) is 0 Å². The molecule has 2 heteroatoms. The molecule has 3 N–H and O–H groups in total. The largest absolute Gasteiger partial charge is 0.389 e. The van der Waals surface area contributed by atoms with Gasteiger partial charge < -0.3 is 10.4 Å². The molecule has 1 fully saturated rings. The number of hydrogen-bond donors (Lipinski definition) is 2. The molecule has 0 saturated carbocycles. The summed E-state index contributed by atoms with van der Waals surface area (Å²) < 4.78 is 0. The fourth-order valence-electron chi connectivity index (χ4n) is 4.57. The Morgan fingerprint density at radius 2 is 1.33 bits per heavy atom. The van der Waals surface area contributed by atoms with Crippen LogP contribution in [0.3, 0.4) is 0 Å². The van der Waals surface area contributed by atoms with Crippen LogP contribution in [0.25, 0.3) is 0 Å². The molecule has 2 nitrogen and oxygen atoms in total. The Bertz CT molecular complexity index is 849. The fraction of sp³-hybridized carbons (Fsp3) is 0.280. The smallest absolute Gasteiger partial charge is 0.117 e. The Hall–Kier alpha value is -2.42. The second kappa shape index (κ2) is 7.67. The number of benzene rings is 3. The third-order valence-electron chi connectivity index (χ3n) is 6.16. The first-order valence-corrected chi connectivity index (χ1v) is 9.87. The van der Waals surface area contributed by atoms with Crippen molar-refractivity contribution in [2.45, 2.75) is 37.5 Å². The molecular weight excluding hydrogens is 330 g/mol. The van der Waals surface area contributed by atoms with Gasteiger partial charge in [0.1, 0.15) is 12.1 Å². The number of hydrogen-bond acceptors (Lipinski definition) is 1. The highest BCUT2D eigenvalue weighted by atomic mass is 16.3. The zero-order valence-electron chi connectivity index (χ0n) is 15.8. The second-order valence-corrected chi connectivity index (χ2v) is 7.90. The number of nitrogens with two attached hydrogens (primary N) is 1. The minimum absolute atomic E-state index is 0.153. The highest BCUT2D eigenvalue weighted by molar-refractivity contribution is 5.25. The van der Waals surface area contributed by atoms with Crippen LogP contribution in [0.15, 0.2) is 91.0 Å². The summed E-state index contributed by atoms with van der Waals surface area (Å²) in [5.41, 5.74) is 3.04. The van der Waals surface area contributed by atoms with Gasteiger partial charge in [-0.3, -0.25) is 0 Å². The van der Waals surface area contributed by atoms with E-state index < -0.39 is 5.60 Å². The standard InChI is InChI=1S/C25H27NO/c1-19-24(22-15-9-4-10-16-22)26-23(21-13-7-3-8-14-21)18-25(19,27)17-20-11-5-2-6-12-20/h2-16,19,23-24,26-27H,17-18H2,1H3/p+1/t19-,23+,24+,25-/m0/s1. The van der Waals surface area contributed by atoms with Gasteiger partial charge in [0.25, 0.3) is 0 Å². The van der Waals surface area contributed by atoms with Gasteiger partial charge in [-0.2, -0.15) is 0 Å². The maximum atomic E-state index is 11.8. The van der Waals surface area contributed by atoms with Crippen LogP contribution < -0.4 is 5.32 Å². The van der Waals surface area contributed by atoms with Crippen LogP contribution in [0.5, 0.6) is 0 Å². The molecule has 0 unspecified atom stereocenters. The summed E-state index contributed by atoms with van der Waals surface area (Å²) in [6.07, 6.45) is 1.45. The molecule has 27 heavy (non-hydrogen) atoms. The normalized spacial score (nSPS) is 28.0. The van der Waals surface area contributed by atoms with E-state index in [2.05, 4.69) is 97.2 Å². The Kier molecular flexibility index (Phi) is 5.11.